The highest BCUT2D eigenvalue weighted by atomic mass is 16.5. The first-order valence-electron chi connectivity index (χ1n) is 11.4. The van der Waals surface area contributed by atoms with Gasteiger partial charge in [-0.1, -0.05) is 48.5 Å². The van der Waals surface area contributed by atoms with Crippen LogP contribution in [0.25, 0.3) is 22.6 Å². The van der Waals surface area contributed by atoms with Crippen molar-refractivity contribution in [3.8, 4) is 11.5 Å². The van der Waals surface area contributed by atoms with E-state index in [0.29, 0.717) is 47.6 Å². The van der Waals surface area contributed by atoms with Crippen LogP contribution in [0.2, 0.25) is 0 Å². The maximum Gasteiger partial charge on any atom is 0.336 e. The summed E-state index contributed by atoms with van der Waals surface area (Å²) in [6.07, 6.45) is 2.04. The van der Waals surface area contributed by atoms with Gasteiger partial charge in [-0.05, 0) is 35.4 Å². The lowest BCUT2D eigenvalue weighted by Gasteiger charge is -2.31. The van der Waals surface area contributed by atoms with Crippen LogP contribution in [0.3, 0.4) is 0 Å². The van der Waals surface area contributed by atoms with Crippen LogP contribution < -0.4 is 9.47 Å². The topological polar surface area (TPSA) is 71.9 Å². The Bertz CT molecular complexity index is 1430. The lowest BCUT2D eigenvalue weighted by molar-refractivity contribution is 0.0696. The summed E-state index contributed by atoms with van der Waals surface area (Å²) in [5, 5.41) is 10.9. The van der Waals surface area contributed by atoms with Crippen LogP contribution in [-0.2, 0) is 13.1 Å². The molecule has 176 valence electrons. The number of fused-ring (bicyclic) bond motifs is 2. The molecule has 0 bridgehead atoms. The molecule has 1 aliphatic rings. The van der Waals surface area contributed by atoms with E-state index in [4.69, 9.17) is 14.5 Å². The Hall–Kier alpha value is -4.16. The van der Waals surface area contributed by atoms with Gasteiger partial charge >= 0.3 is 5.97 Å². The second-order valence-electron chi connectivity index (χ2n) is 8.54. The van der Waals surface area contributed by atoms with E-state index in [1.807, 2.05) is 66.7 Å². The van der Waals surface area contributed by atoms with Crippen LogP contribution >= 0.6 is 0 Å². The van der Waals surface area contributed by atoms with Gasteiger partial charge in [0.2, 0.25) is 0 Å². The van der Waals surface area contributed by atoms with E-state index >= 15 is 0 Å². The van der Waals surface area contributed by atoms with Crippen molar-refractivity contribution in [2.24, 2.45) is 0 Å². The maximum absolute atomic E-state index is 12.5. The summed E-state index contributed by atoms with van der Waals surface area (Å²) in [7, 11) is 3.25. The number of hydrogen-bond donors (Lipinski definition) is 1. The minimum absolute atomic E-state index is 0.316. The van der Waals surface area contributed by atoms with Gasteiger partial charge in [-0.2, -0.15) is 0 Å². The molecule has 1 aromatic heterocycles. The number of aromatic nitrogens is 1. The van der Waals surface area contributed by atoms with Crippen molar-refractivity contribution < 1.29 is 19.4 Å². The van der Waals surface area contributed by atoms with Crippen molar-refractivity contribution in [2.45, 2.75) is 13.1 Å². The van der Waals surface area contributed by atoms with E-state index in [1.54, 1.807) is 14.2 Å². The Balaban J connectivity index is 1.69. The van der Waals surface area contributed by atoms with E-state index in [-0.39, 0.29) is 0 Å². The molecule has 0 aliphatic carbocycles. The highest BCUT2D eigenvalue weighted by molar-refractivity contribution is 6.06. The summed E-state index contributed by atoms with van der Waals surface area (Å²) in [5.74, 6) is 0.441. The van der Waals surface area contributed by atoms with E-state index in [1.165, 1.54) is 5.56 Å². The number of carbonyl (C=O) groups is 1. The largest absolute Gasteiger partial charge is 0.497 e. The zero-order chi connectivity index (χ0) is 24.4. The fraction of sp³-hybridized carbons (Fsp3) is 0.172. The third kappa shape index (κ3) is 4.48. The van der Waals surface area contributed by atoms with Crippen LogP contribution in [0.1, 0.15) is 32.7 Å². The number of carboxylic acids is 1. The van der Waals surface area contributed by atoms with Crippen LogP contribution in [0.15, 0.2) is 72.8 Å². The predicted molar refractivity (Wildman–Crippen MR) is 137 cm³/mol. The summed E-state index contributed by atoms with van der Waals surface area (Å²) < 4.78 is 11.0. The van der Waals surface area contributed by atoms with E-state index in [9.17, 15) is 9.90 Å². The Labute approximate surface area is 204 Å². The standard InChI is InChI=1S/C29H26N2O4/c1-34-22-13-12-20(26(15-22)35-2)14-21-17-31(16-19-8-4-3-5-9-19)18-24-27(29(32)33)23-10-6-7-11-25(23)30-28(21)24/h3-15H,16-18H2,1-2H3,(H,32,33)/b21-14-. The van der Waals surface area contributed by atoms with Crippen molar-refractivity contribution in [2.75, 3.05) is 20.8 Å². The fourth-order valence-electron chi connectivity index (χ4n) is 4.70. The van der Waals surface area contributed by atoms with Gasteiger partial charge < -0.3 is 14.6 Å². The number of pyridine rings is 1. The minimum Gasteiger partial charge on any atom is -0.497 e. The molecular weight excluding hydrogens is 440 g/mol. The summed E-state index contributed by atoms with van der Waals surface area (Å²) in [4.78, 5) is 19.7. The van der Waals surface area contributed by atoms with Crippen LogP contribution in [0.4, 0.5) is 0 Å². The molecule has 1 N–H and O–H groups in total. The molecule has 4 aromatic rings. The number of methoxy groups -OCH3 is 2. The molecule has 6 heteroatoms. The molecule has 0 saturated heterocycles. The van der Waals surface area contributed by atoms with Crippen LogP contribution in [-0.4, -0.2) is 41.7 Å². The first kappa shape index (κ1) is 22.6. The zero-order valence-corrected chi connectivity index (χ0v) is 19.7. The highest BCUT2D eigenvalue weighted by Gasteiger charge is 2.28. The van der Waals surface area contributed by atoms with Gasteiger partial charge in [-0.15, -0.1) is 0 Å². The van der Waals surface area contributed by atoms with Gasteiger partial charge in [0.05, 0.1) is 31.0 Å². The van der Waals surface area contributed by atoms with Crippen molar-refractivity contribution >= 4 is 28.5 Å². The molecule has 0 fully saturated rings. The third-order valence-electron chi connectivity index (χ3n) is 6.31. The van der Waals surface area contributed by atoms with Crippen LogP contribution in [0.5, 0.6) is 11.5 Å². The first-order chi connectivity index (χ1) is 17.1. The fourth-order valence-corrected chi connectivity index (χ4v) is 4.70. The minimum atomic E-state index is -0.942. The van der Waals surface area contributed by atoms with E-state index in [2.05, 4.69) is 17.0 Å². The molecule has 0 saturated carbocycles. The summed E-state index contributed by atoms with van der Waals surface area (Å²) in [6, 6.07) is 23.3. The normalized spacial score (nSPS) is 14.6. The molecule has 0 radical (unpaired) electrons. The van der Waals surface area contributed by atoms with Gasteiger partial charge in [-0.25, -0.2) is 9.78 Å². The molecule has 2 heterocycles. The summed E-state index contributed by atoms with van der Waals surface area (Å²) in [5.41, 5.74) is 5.44. The Morgan fingerprint density at radius 3 is 2.51 bits per heavy atom. The number of nitrogens with zero attached hydrogens (tertiary/aromatic N) is 2. The Morgan fingerprint density at radius 2 is 1.77 bits per heavy atom. The molecule has 35 heavy (non-hydrogen) atoms. The quantitative estimate of drug-likeness (QED) is 0.404. The molecule has 6 nitrogen and oxygen atoms in total. The molecule has 0 amide bonds. The number of aromatic carboxylic acids is 1. The lowest BCUT2D eigenvalue weighted by atomic mass is 9.91. The van der Waals surface area contributed by atoms with Crippen molar-refractivity contribution in [3.05, 3.63) is 101 Å². The van der Waals surface area contributed by atoms with Crippen LogP contribution in [0, 0.1) is 0 Å². The highest BCUT2D eigenvalue weighted by Crippen LogP contribution is 2.36. The zero-order valence-electron chi connectivity index (χ0n) is 19.7. The average Bonchev–Trinajstić information content (AvgIpc) is 2.88. The van der Waals surface area contributed by atoms with Crippen molar-refractivity contribution in [1.29, 1.82) is 0 Å². The number of para-hydroxylation sites is 1. The van der Waals surface area contributed by atoms with Gasteiger partial charge in [0.15, 0.2) is 0 Å². The number of hydrogen-bond acceptors (Lipinski definition) is 5. The van der Waals surface area contributed by atoms with Crippen molar-refractivity contribution in [1.82, 2.24) is 9.88 Å². The number of benzene rings is 3. The number of rotatable bonds is 6. The van der Waals surface area contributed by atoms with Crippen molar-refractivity contribution in [3.63, 3.8) is 0 Å². The maximum atomic E-state index is 12.5. The monoisotopic (exact) mass is 466 g/mol. The Kier molecular flexibility index (Phi) is 6.21. The molecule has 0 unspecified atom stereocenters. The average molecular weight is 467 g/mol. The second-order valence-corrected chi connectivity index (χ2v) is 8.54. The first-order valence-corrected chi connectivity index (χ1v) is 11.4. The summed E-state index contributed by atoms with van der Waals surface area (Å²) >= 11 is 0. The van der Waals surface area contributed by atoms with E-state index < -0.39 is 5.97 Å². The number of carboxylic acid groups (broad SMARTS) is 1. The van der Waals surface area contributed by atoms with Gasteiger partial charge in [0.25, 0.3) is 0 Å². The summed E-state index contributed by atoms with van der Waals surface area (Å²) in [6.45, 7) is 1.82. The molecule has 3 aromatic carbocycles. The SMILES string of the molecule is COc1ccc(/C=C2/CN(Cc3ccccc3)Cc3c2nc2ccccc2c3C(=O)O)c(OC)c1. The lowest BCUT2D eigenvalue weighted by Crippen LogP contribution is -2.31. The smallest absolute Gasteiger partial charge is 0.336 e. The number of ether oxygens (including phenoxy) is 2. The molecule has 5 rings (SSSR count). The molecule has 0 spiro atoms. The van der Waals surface area contributed by atoms with E-state index in [0.717, 1.165) is 22.4 Å². The Morgan fingerprint density at radius 1 is 1.00 bits per heavy atom. The van der Waals surface area contributed by atoms with Gasteiger partial charge in [0, 0.05) is 42.2 Å². The molecular formula is C29H26N2O4. The molecule has 1 aliphatic heterocycles. The van der Waals surface area contributed by atoms with Gasteiger partial charge in [0.1, 0.15) is 11.5 Å². The second kappa shape index (κ2) is 9.60. The molecule has 0 atom stereocenters. The third-order valence-corrected chi connectivity index (χ3v) is 6.31. The predicted octanol–water partition coefficient (Wildman–Crippen LogP) is 5.51. The van der Waals surface area contributed by atoms with Gasteiger partial charge in [-0.3, -0.25) is 4.90 Å².